The Kier molecular flexibility index (Phi) is 8.29. The zero-order chi connectivity index (χ0) is 43.2. The molecule has 65 heavy (non-hydrogen) atoms. The van der Waals surface area contributed by atoms with Crippen LogP contribution in [-0.2, 0) is 5.41 Å². The molecule has 0 amide bonds. The van der Waals surface area contributed by atoms with E-state index in [-0.39, 0.29) is 5.41 Å². The first-order valence-corrected chi connectivity index (χ1v) is 22.6. The molecular weight excluding hydrogens is 787 g/mol. The normalized spacial score (nSPS) is 12.9. The Morgan fingerprint density at radius 2 is 0.908 bits per heavy atom. The SMILES string of the molecule is CC1(C)c2ccccc2-c2ccc(N(c3ccc(-c4ccccc4)cc3)c3ccc4c(c3)oc3c(-c5ccc(-c6cc7ccccc7c7ccccc67)cc5)c5ccccc5cc34)cc21. The summed E-state index contributed by atoms with van der Waals surface area (Å²) in [5.74, 6) is 0. The fourth-order valence-corrected chi connectivity index (χ4v) is 10.8. The van der Waals surface area contributed by atoms with Gasteiger partial charge >= 0.3 is 0 Å². The molecule has 1 aromatic heterocycles. The van der Waals surface area contributed by atoms with Crippen LogP contribution in [-0.4, -0.2) is 0 Å². The predicted molar refractivity (Wildman–Crippen MR) is 275 cm³/mol. The highest BCUT2D eigenvalue weighted by Crippen LogP contribution is 2.51. The van der Waals surface area contributed by atoms with Crippen molar-refractivity contribution in [3.05, 3.63) is 236 Å². The van der Waals surface area contributed by atoms with Crippen LogP contribution in [0.1, 0.15) is 25.0 Å². The van der Waals surface area contributed by atoms with E-state index in [2.05, 4.69) is 243 Å². The van der Waals surface area contributed by atoms with E-state index >= 15 is 0 Å². The molecule has 2 heteroatoms. The molecule has 2 nitrogen and oxygen atoms in total. The minimum absolute atomic E-state index is 0.132. The molecule has 0 radical (unpaired) electrons. The van der Waals surface area contributed by atoms with Gasteiger partial charge in [-0.15, -0.1) is 0 Å². The number of benzene rings is 11. The van der Waals surface area contributed by atoms with E-state index < -0.39 is 0 Å². The largest absolute Gasteiger partial charge is 0.455 e. The molecular formula is C63H43NO. The summed E-state index contributed by atoms with van der Waals surface area (Å²) in [4.78, 5) is 2.38. The minimum Gasteiger partial charge on any atom is -0.455 e. The zero-order valence-corrected chi connectivity index (χ0v) is 36.2. The van der Waals surface area contributed by atoms with Crippen LogP contribution in [0.4, 0.5) is 17.1 Å². The van der Waals surface area contributed by atoms with Crippen LogP contribution in [0.25, 0.3) is 98.8 Å². The van der Waals surface area contributed by atoms with E-state index in [0.717, 1.165) is 50.1 Å². The first kappa shape index (κ1) is 37.4. The molecule has 0 saturated carbocycles. The molecule has 0 bridgehead atoms. The van der Waals surface area contributed by atoms with Crippen LogP contribution >= 0.6 is 0 Å². The number of fused-ring (bicyclic) bond motifs is 10. The number of anilines is 3. The standard InChI is InChI=1S/C63H43NO/c1-63(2)58-23-13-12-22-53(58)54-34-32-47(38-59(54)63)64(46-30-28-41(29-31-46)40-14-4-3-5-15-40)48-33-35-55-57-37-45-17-7-9-19-50(45)61(62(57)65-60(55)39-48)43-26-24-42(25-27-43)56-36-44-16-6-8-18-49(44)51-20-10-11-21-52(51)56/h3-39H,1-2H3. The molecule has 0 atom stereocenters. The van der Waals surface area contributed by atoms with Crippen LogP contribution in [0, 0.1) is 0 Å². The summed E-state index contributed by atoms with van der Waals surface area (Å²) in [7, 11) is 0. The van der Waals surface area contributed by atoms with E-state index in [0.29, 0.717) is 0 Å². The maximum absolute atomic E-state index is 7.13. The Bertz CT molecular complexity index is 3840. The Hall–Kier alpha value is -8.20. The summed E-state index contributed by atoms with van der Waals surface area (Å²) in [5, 5.41) is 9.63. The van der Waals surface area contributed by atoms with Crippen molar-refractivity contribution in [2.75, 3.05) is 4.90 Å². The molecule has 1 aliphatic carbocycles. The number of nitrogens with zero attached hydrogens (tertiary/aromatic N) is 1. The van der Waals surface area contributed by atoms with Gasteiger partial charge in [-0.2, -0.15) is 0 Å². The van der Waals surface area contributed by atoms with Gasteiger partial charge in [0.15, 0.2) is 0 Å². The third-order valence-electron chi connectivity index (χ3n) is 14.0. The van der Waals surface area contributed by atoms with Crippen LogP contribution in [0.2, 0.25) is 0 Å². The summed E-state index contributed by atoms with van der Waals surface area (Å²) >= 11 is 0. The Balaban J connectivity index is 0.963. The quantitative estimate of drug-likeness (QED) is 0.155. The topological polar surface area (TPSA) is 16.4 Å². The summed E-state index contributed by atoms with van der Waals surface area (Å²) in [6.45, 7) is 4.70. The second kappa shape index (κ2) is 14.4. The van der Waals surface area contributed by atoms with E-state index in [1.165, 1.54) is 76.8 Å². The van der Waals surface area contributed by atoms with Crippen LogP contribution < -0.4 is 4.90 Å². The fourth-order valence-electron chi connectivity index (χ4n) is 10.8. The molecule has 13 rings (SSSR count). The van der Waals surface area contributed by atoms with Gasteiger partial charge in [-0.25, -0.2) is 0 Å². The molecule has 306 valence electrons. The highest BCUT2D eigenvalue weighted by molar-refractivity contribution is 6.19. The Morgan fingerprint density at radius 3 is 1.71 bits per heavy atom. The van der Waals surface area contributed by atoms with Crippen molar-refractivity contribution in [2.45, 2.75) is 19.3 Å². The van der Waals surface area contributed by atoms with Crippen molar-refractivity contribution in [2.24, 2.45) is 0 Å². The Labute approximate surface area is 378 Å². The molecule has 0 spiro atoms. The Morgan fingerprint density at radius 1 is 0.338 bits per heavy atom. The van der Waals surface area contributed by atoms with Crippen molar-refractivity contribution >= 4 is 71.3 Å². The summed E-state index contributed by atoms with van der Waals surface area (Å²) in [5.41, 5.74) is 17.2. The highest BCUT2D eigenvalue weighted by atomic mass is 16.3. The smallest absolute Gasteiger partial charge is 0.143 e. The average Bonchev–Trinajstić information content (AvgIpc) is 3.84. The van der Waals surface area contributed by atoms with Crippen molar-refractivity contribution < 1.29 is 4.42 Å². The van der Waals surface area contributed by atoms with E-state index in [1.54, 1.807) is 0 Å². The van der Waals surface area contributed by atoms with Crippen molar-refractivity contribution in [3.63, 3.8) is 0 Å². The third-order valence-corrected chi connectivity index (χ3v) is 14.0. The molecule has 12 aromatic rings. The van der Waals surface area contributed by atoms with Gasteiger partial charge in [0.05, 0.1) is 0 Å². The van der Waals surface area contributed by atoms with Gasteiger partial charge in [-0.1, -0.05) is 184 Å². The number of rotatable bonds is 6. The molecule has 11 aromatic carbocycles. The summed E-state index contributed by atoms with van der Waals surface area (Å²) in [6, 6.07) is 82.0. The fraction of sp³-hybridized carbons (Fsp3) is 0.0476. The van der Waals surface area contributed by atoms with Crippen molar-refractivity contribution in [1.82, 2.24) is 0 Å². The molecule has 0 unspecified atom stereocenters. The zero-order valence-electron chi connectivity index (χ0n) is 36.2. The summed E-state index contributed by atoms with van der Waals surface area (Å²) in [6.07, 6.45) is 0. The number of hydrogen-bond donors (Lipinski definition) is 0. The lowest BCUT2D eigenvalue weighted by Gasteiger charge is -2.28. The minimum atomic E-state index is -0.132. The van der Waals surface area contributed by atoms with Gasteiger partial charge in [0, 0.05) is 44.9 Å². The lowest BCUT2D eigenvalue weighted by molar-refractivity contribution is 0.660. The summed E-state index contributed by atoms with van der Waals surface area (Å²) < 4.78 is 7.13. The van der Waals surface area contributed by atoms with E-state index in [1.807, 2.05) is 0 Å². The van der Waals surface area contributed by atoms with Gasteiger partial charge in [-0.05, 0) is 131 Å². The van der Waals surface area contributed by atoms with Crippen molar-refractivity contribution in [1.29, 1.82) is 0 Å². The third kappa shape index (κ3) is 5.88. The maximum atomic E-state index is 7.13. The predicted octanol–water partition coefficient (Wildman–Crippen LogP) is 17.8. The first-order valence-electron chi connectivity index (χ1n) is 22.6. The van der Waals surface area contributed by atoms with Gasteiger partial charge in [-0.3, -0.25) is 0 Å². The number of hydrogen-bond acceptors (Lipinski definition) is 2. The lowest BCUT2D eigenvalue weighted by atomic mass is 9.82. The molecule has 0 fully saturated rings. The van der Waals surface area contributed by atoms with Gasteiger partial charge < -0.3 is 9.32 Å². The lowest BCUT2D eigenvalue weighted by Crippen LogP contribution is -2.16. The van der Waals surface area contributed by atoms with Gasteiger partial charge in [0.2, 0.25) is 0 Å². The second-order valence-electron chi connectivity index (χ2n) is 18.0. The molecule has 0 saturated heterocycles. The van der Waals surface area contributed by atoms with Gasteiger partial charge in [0.1, 0.15) is 11.2 Å². The van der Waals surface area contributed by atoms with Crippen LogP contribution in [0.3, 0.4) is 0 Å². The van der Waals surface area contributed by atoms with Gasteiger partial charge in [0.25, 0.3) is 0 Å². The molecule has 1 aliphatic rings. The molecule has 1 heterocycles. The monoisotopic (exact) mass is 829 g/mol. The van der Waals surface area contributed by atoms with Crippen LogP contribution in [0.5, 0.6) is 0 Å². The van der Waals surface area contributed by atoms with Crippen LogP contribution in [0.15, 0.2) is 229 Å². The number of furan rings is 1. The van der Waals surface area contributed by atoms with Crippen molar-refractivity contribution in [3.8, 4) is 44.5 Å². The molecule has 0 N–H and O–H groups in total. The maximum Gasteiger partial charge on any atom is 0.143 e. The molecule has 0 aliphatic heterocycles. The average molecular weight is 830 g/mol. The highest BCUT2D eigenvalue weighted by Gasteiger charge is 2.36. The second-order valence-corrected chi connectivity index (χ2v) is 18.0. The van der Waals surface area contributed by atoms with E-state index in [4.69, 9.17) is 4.42 Å². The van der Waals surface area contributed by atoms with E-state index in [9.17, 15) is 0 Å². The first-order chi connectivity index (χ1) is 32.0.